The molecule has 0 aliphatic carbocycles. The second kappa shape index (κ2) is 7.16. The van der Waals surface area contributed by atoms with E-state index in [9.17, 15) is 14.4 Å². The molecule has 1 saturated heterocycles. The Morgan fingerprint density at radius 2 is 1.62 bits per heavy atom. The van der Waals surface area contributed by atoms with E-state index < -0.39 is 17.7 Å². The Balaban J connectivity index is 2.00. The highest BCUT2D eigenvalue weighted by Gasteiger charge is 2.38. The fourth-order valence-electron chi connectivity index (χ4n) is 2.03. The van der Waals surface area contributed by atoms with Gasteiger partial charge in [-0.15, -0.1) is 0 Å². The lowest BCUT2D eigenvalue weighted by atomic mass is 10.2. The summed E-state index contributed by atoms with van der Waals surface area (Å²) in [5.74, 6) is -2.79. The standard InChI is InChI=1S/C17H20N2O5/c1-4-5-14(20)19-12-8-6-11(7-9-12)18-10-13-15(21)23-17(2,3)24-16(13)22/h6-10,18H,4-5H2,1-3H3,(H,19,20). The molecule has 0 atom stereocenters. The van der Waals surface area contributed by atoms with Crippen molar-refractivity contribution in [2.24, 2.45) is 0 Å². The van der Waals surface area contributed by atoms with Gasteiger partial charge in [0.2, 0.25) is 5.91 Å². The van der Waals surface area contributed by atoms with Crippen LogP contribution in [0.15, 0.2) is 36.0 Å². The normalized spacial score (nSPS) is 16.0. The van der Waals surface area contributed by atoms with E-state index in [4.69, 9.17) is 9.47 Å². The average Bonchev–Trinajstić information content (AvgIpc) is 2.47. The SMILES string of the molecule is CCCC(=O)Nc1ccc(NC=C2C(=O)OC(C)(C)OC2=O)cc1. The van der Waals surface area contributed by atoms with Gasteiger partial charge in [0.15, 0.2) is 5.57 Å². The van der Waals surface area contributed by atoms with Crippen molar-refractivity contribution in [2.75, 3.05) is 10.6 Å². The Morgan fingerprint density at radius 1 is 1.08 bits per heavy atom. The first-order valence-electron chi connectivity index (χ1n) is 7.64. The largest absolute Gasteiger partial charge is 0.419 e. The molecular weight excluding hydrogens is 312 g/mol. The Labute approximate surface area is 140 Å². The van der Waals surface area contributed by atoms with Crippen LogP contribution in [0.1, 0.15) is 33.6 Å². The van der Waals surface area contributed by atoms with Crippen LogP contribution in [0.3, 0.4) is 0 Å². The van der Waals surface area contributed by atoms with Crippen LogP contribution in [0, 0.1) is 0 Å². The summed E-state index contributed by atoms with van der Waals surface area (Å²) in [6.45, 7) is 4.90. The van der Waals surface area contributed by atoms with Crippen LogP contribution in [-0.2, 0) is 23.9 Å². The van der Waals surface area contributed by atoms with E-state index in [1.54, 1.807) is 24.3 Å². The number of hydrogen-bond acceptors (Lipinski definition) is 6. The zero-order valence-corrected chi connectivity index (χ0v) is 13.8. The number of hydrogen-bond donors (Lipinski definition) is 2. The lowest BCUT2D eigenvalue weighted by molar-refractivity contribution is -0.222. The van der Waals surface area contributed by atoms with E-state index in [0.29, 0.717) is 17.8 Å². The predicted octanol–water partition coefficient (Wildman–Crippen LogP) is 2.56. The summed E-state index contributed by atoms with van der Waals surface area (Å²) in [6, 6.07) is 6.86. The molecule has 0 spiro atoms. The molecule has 1 heterocycles. The fourth-order valence-corrected chi connectivity index (χ4v) is 2.03. The number of carbonyl (C=O) groups excluding carboxylic acids is 3. The van der Waals surface area contributed by atoms with E-state index in [-0.39, 0.29) is 11.5 Å². The molecule has 24 heavy (non-hydrogen) atoms. The molecule has 1 amide bonds. The molecule has 0 unspecified atom stereocenters. The fraction of sp³-hybridized carbons (Fsp3) is 0.353. The summed E-state index contributed by atoms with van der Waals surface area (Å²) < 4.78 is 9.99. The van der Waals surface area contributed by atoms with Crippen molar-refractivity contribution >= 4 is 29.2 Å². The van der Waals surface area contributed by atoms with E-state index >= 15 is 0 Å². The third kappa shape index (κ3) is 4.58. The van der Waals surface area contributed by atoms with Crippen molar-refractivity contribution in [1.29, 1.82) is 0 Å². The van der Waals surface area contributed by atoms with Crippen molar-refractivity contribution < 1.29 is 23.9 Å². The topological polar surface area (TPSA) is 93.7 Å². The number of ether oxygens (including phenoxy) is 2. The van der Waals surface area contributed by atoms with Crippen LogP contribution < -0.4 is 10.6 Å². The minimum atomic E-state index is -1.26. The number of anilines is 2. The second-order valence-electron chi connectivity index (χ2n) is 5.76. The number of carbonyl (C=O) groups is 3. The Kier molecular flexibility index (Phi) is 5.23. The van der Waals surface area contributed by atoms with Gasteiger partial charge in [-0.05, 0) is 30.7 Å². The molecule has 1 aromatic carbocycles. The van der Waals surface area contributed by atoms with Crippen LogP contribution in [0.2, 0.25) is 0 Å². The van der Waals surface area contributed by atoms with E-state index in [2.05, 4.69) is 10.6 Å². The van der Waals surface area contributed by atoms with Crippen molar-refractivity contribution in [2.45, 2.75) is 39.4 Å². The quantitative estimate of drug-likeness (QED) is 0.489. The molecule has 2 rings (SSSR count). The number of cyclic esters (lactones) is 2. The molecule has 0 bridgehead atoms. The minimum absolute atomic E-state index is 0.0457. The molecule has 7 heteroatoms. The molecule has 0 saturated carbocycles. The Hall–Kier alpha value is -2.83. The van der Waals surface area contributed by atoms with E-state index in [1.807, 2.05) is 6.92 Å². The zero-order chi connectivity index (χ0) is 17.7. The maximum atomic E-state index is 11.8. The Morgan fingerprint density at radius 3 is 2.17 bits per heavy atom. The van der Waals surface area contributed by atoms with Crippen LogP contribution in [-0.4, -0.2) is 23.6 Å². The van der Waals surface area contributed by atoms with Gasteiger partial charge in [-0.1, -0.05) is 6.92 Å². The molecule has 2 N–H and O–H groups in total. The van der Waals surface area contributed by atoms with Crippen LogP contribution in [0.25, 0.3) is 0 Å². The maximum absolute atomic E-state index is 11.8. The molecule has 7 nitrogen and oxygen atoms in total. The maximum Gasteiger partial charge on any atom is 0.350 e. The van der Waals surface area contributed by atoms with Gasteiger partial charge in [0.05, 0.1) is 0 Å². The highest BCUT2D eigenvalue weighted by Crippen LogP contribution is 2.23. The lowest BCUT2D eigenvalue weighted by Gasteiger charge is -2.29. The first-order valence-corrected chi connectivity index (χ1v) is 7.64. The molecule has 1 aromatic rings. The van der Waals surface area contributed by atoms with Gasteiger partial charge in [-0.2, -0.15) is 0 Å². The molecule has 128 valence electrons. The molecule has 1 aliphatic rings. The third-order valence-corrected chi connectivity index (χ3v) is 3.15. The van der Waals surface area contributed by atoms with E-state index in [1.165, 1.54) is 20.0 Å². The van der Waals surface area contributed by atoms with Crippen molar-refractivity contribution in [3.63, 3.8) is 0 Å². The summed E-state index contributed by atoms with van der Waals surface area (Å²) in [5, 5.41) is 5.60. The van der Waals surface area contributed by atoms with Crippen LogP contribution in [0.5, 0.6) is 0 Å². The second-order valence-corrected chi connectivity index (χ2v) is 5.76. The number of amides is 1. The third-order valence-electron chi connectivity index (χ3n) is 3.15. The van der Waals surface area contributed by atoms with Gasteiger partial charge in [0, 0.05) is 37.8 Å². The minimum Gasteiger partial charge on any atom is -0.419 e. The monoisotopic (exact) mass is 332 g/mol. The Bertz CT molecular complexity index is 655. The summed E-state index contributed by atoms with van der Waals surface area (Å²) in [6.07, 6.45) is 2.49. The highest BCUT2D eigenvalue weighted by molar-refractivity contribution is 6.15. The number of benzene rings is 1. The van der Waals surface area contributed by atoms with Gasteiger partial charge >= 0.3 is 11.9 Å². The molecule has 1 fully saturated rings. The van der Waals surface area contributed by atoms with Crippen LogP contribution >= 0.6 is 0 Å². The molecular formula is C17H20N2O5. The molecule has 0 aromatic heterocycles. The molecule has 1 aliphatic heterocycles. The predicted molar refractivity (Wildman–Crippen MR) is 87.9 cm³/mol. The summed E-state index contributed by atoms with van der Waals surface area (Å²) in [4.78, 5) is 35.1. The van der Waals surface area contributed by atoms with Crippen molar-refractivity contribution in [3.8, 4) is 0 Å². The van der Waals surface area contributed by atoms with Gasteiger partial charge in [0.1, 0.15) is 0 Å². The van der Waals surface area contributed by atoms with Gasteiger partial charge < -0.3 is 20.1 Å². The number of esters is 2. The molecule has 0 radical (unpaired) electrons. The van der Waals surface area contributed by atoms with Crippen LogP contribution in [0.4, 0.5) is 11.4 Å². The zero-order valence-electron chi connectivity index (χ0n) is 13.8. The number of nitrogens with one attached hydrogen (secondary N) is 2. The number of rotatable bonds is 5. The first kappa shape index (κ1) is 17.5. The highest BCUT2D eigenvalue weighted by atomic mass is 16.7. The van der Waals surface area contributed by atoms with Gasteiger partial charge in [-0.3, -0.25) is 4.79 Å². The van der Waals surface area contributed by atoms with E-state index in [0.717, 1.165) is 6.42 Å². The average molecular weight is 332 g/mol. The van der Waals surface area contributed by atoms with Gasteiger partial charge in [-0.25, -0.2) is 9.59 Å². The summed E-state index contributed by atoms with van der Waals surface area (Å²) >= 11 is 0. The summed E-state index contributed by atoms with van der Waals surface area (Å²) in [5.41, 5.74) is 1.10. The van der Waals surface area contributed by atoms with Crippen molar-refractivity contribution in [1.82, 2.24) is 0 Å². The van der Waals surface area contributed by atoms with Crippen molar-refractivity contribution in [3.05, 3.63) is 36.0 Å². The smallest absolute Gasteiger partial charge is 0.350 e. The van der Waals surface area contributed by atoms with Gasteiger partial charge in [0.25, 0.3) is 5.79 Å². The summed E-state index contributed by atoms with van der Waals surface area (Å²) in [7, 11) is 0. The first-order chi connectivity index (χ1) is 11.3. The lowest BCUT2D eigenvalue weighted by Crippen LogP contribution is -2.42.